The van der Waals surface area contributed by atoms with Gasteiger partial charge in [-0.1, -0.05) is 32.0 Å². The number of sulfone groups is 1. The number of hydrogen-bond acceptors (Lipinski definition) is 7. The quantitative estimate of drug-likeness (QED) is 0.439. The summed E-state index contributed by atoms with van der Waals surface area (Å²) in [6, 6.07) is 16.1. The molecule has 0 bridgehead atoms. The number of aliphatic hydroxyl groups is 1. The van der Waals surface area contributed by atoms with E-state index in [1.54, 1.807) is 12.1 Å². The highest BCUT2D eigenvalue weighted by atomic mass is 32.2. The maximum Gasteiger partial charge on any atom is 0.221 e. The van der Waals surface area contributed by atoms with Gasteiger partial charge < -0.3 is 15.6 Å². The van der Waals surface area contributed by atoms with Crippen LogP contribution >= 0.6 is 0 Å². The van der Waals surface area contributed by atoms with E-state index in [0.717, 1.165) is 22.2 Å². The number of carbonyl (C=O) groups excluding carboxylic acids is 1. The average Bonchev–Trinajstić information content (AvgIpc) is 2.84. The first-order chi connectivity index (χ1) is 17.5. The lowest BCUT2D eigenvalue weighted by Gasteiger charge is -2.42. The molecule has 0 aliphatic carbocycles. The van der Waals surface area contributed by atoms with Crippen molar-refractivity contribution in [3.63, 3.8) is 0 Å². The number of likely N-dealkylation sites (tertiary alicyclic amines) is 1. The van der Waals surface area contributed by atoms with Crippen molar-refractivity contribution in [1.29, 1.82) is 0 Å². The van der Waals surface area contributed by atoms with Gasteiger partial charge in [-0.3, -0.25) is 14.7 Å². The molecule has 2 heterocycles. The van der Waals surface area contributed by atoms with E-state index in [2.05, 4.69) is 4.98 Å². The van der Waals surface area contributed by atoms with Gasteiger partial charge >= 0.3 is 0 Å². The average molecular weight is 526 g/mol. The van der Waals surface area contributed by atoms with E-state index in [4.69, 9.17) is 10.5 Å². The zero-order valence-corrected chi connectivity index (χ0v) is 22.3. The van der Waals surface area contributed by atoms with Crippen LogP contribution in [-0.4, -0.2) is 54.4 Å². The minimum absolute atomic E-state index is 0.112. The minimum atomic E-state index is -3.79. The molecule has 0 radical (unpaired) electrons. The van der Waals surface area contributed by atoms with Gasteiger partial charge in [0.15, 0.2) is 9.84 Å². The van der Waals surface area contributed by atoms with Crippen LogP contribution in [-0.2, 0) is 21.2 Å². The van der Waals surface area contributed by atoms with Crippen molar-refractivity contribution < 1.29 is 23.1 Å². The molecular weight excluding hydrogens is 490 g/mol. The number of aryl methyl sites for hydroxylation is 1. The topological polar surface area (TPSA) is 123 Å². The number of nitrogens with two attached hydrogens (primary N) is 1. The molecule has 1 aliphatic rings. The Kier molecular flexibility index (Phi) is 8.16. The number of aromatic nitrogens is 1. The Morgan fingerprint density at radius 1 is 1.19 bits per heavy atom. The van der Waals surface area contributed by atoms with E-state index in [1.807, 2.05) is 56.0 Å². The van der Waals surface area contributed by atoms with Gasteiger partial charge in [0, 0.05) is 41.6 Å². The van der Waals surface area contributed by atoms with Gasteiger partial charge in [0.25, 0.3) is 0 Å². The predicted octanol–water partition coefficient (Wildman–Crippen LogP) is 3.29. The number of fused-ring (bicyclic) bond motifs is 1. The standard InChI is InChI=1S/C28H35N3O5S/c1-18(2)15-31-13-12-24(27(29)32)25(28(31)33)17-37(34,35)22-10-8-21(9-11-22)36-16-20-14-19(3)30-26-7-5-4-6-23(20)26/h4-11,14,18,24-25,28,33H,12-13,15-17H2,1-3H3,(H2,29,32). The minimum Gasteiger partial charge on any atom is -0.489 e. The number of hydrogen-bond donors (Lipinski definition) is 2. The number of aliphatic hydroxyl groups excluding tert-OH is 1. The van der Waals surface area contributed by atoms with Gasteiger partial charge in [-0.2, -0.15) is 0 Å². The lowest BCUT2D eigenvalue weighted by molar-refractivity contribution is -0.135. The number of carbonyl (C=O) groups is 1. The van der Waals surface area contributed by atoms with Crippen LogP contribution in [0.2, 0.25) is 0 Å². The monoisotopic (exact) mass is 525 g/mol. The fourth-order valence-corrected chi connectivity index (χ4v) is 6.78. The maximum atomic E-state index is 13.3. The van der Waals surface area contributed by atoms with Crippen LogP contribution in [0.25, 0.3) is 10.9 Å². The summed E-state index contributed by atoms with van der Waals surface area (Å²) >= 11 is 0. The van der Waals surface area contributed by atoms with Crippen molar-refractivity contribution in [3.05, 3.63) is 65.9 Å². The number of nitrogens with zero attached hydrogens (tertiary/aromatic N) is 2. The second-order valence-electron chi connectivity index (χ2n) is 10.2. The van der Waals surface area contributed by atoms with Crippen molar-refractivity contribution >= 4 is 26.6 Å². The van der Waals surface area contributed by atoms with Crippen molar-refractivity contribution in [2.45, 2.75) is 44.9 Å². The van der Waals surface area contributed by atoms with Crippen LogP contribution in [0.1, 0.15) is 31.5 Å². The number of para-hydroxylation sites is 1. The molecule has 3 unspecified atom stereocenters. The SMILES string of the molecule is Cc1cc(COc2ccc(S(=O)(=O)CC3C(C(N)=O)CCN(CC(C)C)C3O)cc2)c2ccccc2n1. The predicted molar refractivity (Wildman–Crippen MR) is 143 cm³/mol. The summed E-state index contributed by atoms with van der Waals surface area (Å²) in [6.07, 6.45) is -0.625. The van der Waals surface area contributed by atoms with E-state index in [9.17, 15) is 18.3 Å². The number of benzene rings is 2. The molecule has 3 N–H and O–H groups in total. The van der Waals surface area contributed by atoms with E-state index in [1.165, 1.54) is 12.1 Å². The smallest absolute Gasteiger partial charge is 0.221 e. The lowest BCUT2D eigenvalue weighted by Crippen LogP contribution is -2.54. The molecule has 3 aromatic rings. The first kappa shape index (κ1) is 27.0. The first-order valence-corrected chi connectivity index (χ1v) is 14.2. The number of amides is 1. The van der Waals surface area contributed by atoms with Gasteiger partial charge in [0.1, 0.15) is 18.6 Å². The Hall–Kier alpha value is -3.01. The molecule has 198 valence electrons. The van der Waals surface area contributed by atoms with Crippen molar-refractivity contribution in [2.24, 2.45) is 23.5 Å². The number of piperidine rings is 1. The van der Waals surface area contributed by atoms with E-state index in [-0.39, 0.29) is 10.6 Å². The maximum absolute atomic E-state index is 13.3. The number of rotatable bonds is 9. The molecule has 1 fully saturated rings. The lowest BCUT2D eigenvalue weighted by atomic mass is 9.84. The van der Waals surface area contributed by atoms with E-state index >= 15 is 0 Å². The Morgan fingerprint density at radius 2 is 1.89 bits per heavy atom. The van der Waals surface area contributed by atoms with Crippen LogP contribution in [0.3, 0.4) is 0 Å². The van der Waals surface area contributed by atoms with Crippen LogP contribution in [0.4, 0.5) is 0 Å². The van der Waals surface area contributed by atoms with E-state index < -0.39 is 33.8 Å². The van der Waals surface area contributed by atoms with Gasteiger partial charge in [0.05, 0.1) is 16.2 Å². The van der Waals surface area contributed by atoms with Crippen LogP contribution in [0.5, 0.6) is 5.75 Å². The van der Waals surface area contributed by atoms with Gasteiger partial charge in [0.2, 0.25) is 5.91 Å². The molecule has 3 atom stereocenters. The summed E-state index contributed by atoms with van der Waals surface area (Å²) in [5.74, 6) is -1.61. The molecule has 37 heavy (non-hydrogen) atoms. The Morgan fingerprint density at radius 3 is 2.57 bits per heavy atom. The van der Waals surface area contributed by atoms with Gasteiger partial charge in [-0.15, -0.1) is 0 Å². The van der Waals surface area contributed by atoms with E-state index in [0.29, 0.717) is 37.8 Å². The fraction of sp³-hybridized carbons (Fsp3) is 0.429. The Labute approximate surface area is 218 Å². The van der Waals surface area contributed by atoms with Crippen molar-refractivity contribution in [3.8, 4) is 5.75 Å². The summed E-state index contributed by atoms with van der Waals surface area (Å²) in [6.45, 7) is 7.42. The van der Waals surface area contributed by atoms with Crippen LogP contribution in [0, 0.1) is 24.7 Å². The highest BCUT2D eigenvalue weighted by Gasteiger charge is 2.42. The normalized spacial score (nSPS) is 20.8. The molecule has 1 aliphatic heterocycles. The number of primary amides is 1. The Balaban J connectivity index is 1.48. The molecule has 1 aromatic heterocycles. The highest BCUT2D eigenvalue weighted by molar-refractivity contribution is 7.91. The van der Waals surface area contributed by atoms with Gasteiger partial charge in [-0.25, -0.2) is 8.42 Å². The zero-order valence-electron chi connectivity index (χ0n) is 21.5. The molecule has 4 rings (SSSR count). The highest BCUT2D eigenvalue weighted by Crippen LogP contribution is 2.32. The third-order valence-corrected chi connectivity index (χ3v) is 8.70. The summed E-state index contributed by atoms with van der Waals surface area (Å²) in [5, 5.41) is 12.0. The molecule has 1 amide bonds. The Bertz CT molecular complexity index is 1360. The van der Waals surface area contributed by atoms with Gasteiger partial charge in [-0.05, 0) is 55.7 Å². The molecule has 1 saturated heterocycles. The van der Waals surface area contributed by atoms with Crippen molar-refractivity contribution in [1.82, 2.24) is 9.88 Å². The third kappa shape index (κ3) is 6.29. The summed E-state index contributed by atoms with van der Waals surface area (Å²) < 4.78 is 32.5. The van der Waals surface area contributed by atoms with Crippen LogP contribution in [0.15, 0.2) is 59.5 Å². The number of pyridine rings is 1. The van der Waals surface area contributed by atoms with Crippen molar-refractivity contribution in [2.75, 3.05) is 18.8 Å². The second kappa shape index (κ2) is 11.2. The number of ether oxygens (including phenoxy) is 1. The fourth-order valence-electron chi connectivity index (χ4n) is 5.12. The first-order valence-electron chi connectivity index (χ1n) is 12.6. The zero-order chi connectivity index (χ0) is 26.7. The van der Waals surface area contributed by atoms with Crippen LogP contribution < -0.4 is 10.5 Å². The molecule has 9 heteroatoms. The summed E-state index contributed by atoms with van der Waals surface area (Å²) in [4.78, 5) is 18.6. The third-order valence-electron chi connectivity index (χ3n) is 6.89. The summed E-state index contributed by atoms with van der Waals surface area (Å²) in [5.41, 5.74) is 8.37. The molecule has 0 spiro atoms. The molecule has 2 aromatic carbocycles. The molecular formula is C28H35N3O5S. The summed E-state index contributed by atoms with van der Waals surface area (Å²) in [7, 11) is -3.79. The molecule has 8 nitrogen and oxygen atoms in total. The largest absolute Gasteiger partial charge is 0.489 e. The molecule has 0 saturated carbocycles. The second-order valence-corrected chi connectivity index (χ2v) is 12.3.